The second-order valence-electron chi connectivity index (χ2n) is 5.17. The average Bonchev–Trinajstić information content (AvgIpc) is 3.03. The highest BCUT2D eigenvalue weighted by molar-refractivity contribution is 7.10. The van der Waals surface area contributed by atoms with E-state index >= 15 is 0 Å². The first-order chi connectivity index (χ1) is 10.7. The van der Waals surface area contributed by atoms with Gasteiger partial charge in [-0.05, 0) is 47.9 Å². The molecule has 0 spiro atoms. The zero-order chi connectivity index (χ0) is 15.8. The SMILES string of the molecule is O=C(Cc1ccc(F)cc1)NCC[C@H](CCO)c1cccs1. The molecule has 0 saturated carbocycles. The van der Waals surface area contributed by atoms with E-state index in [0.717, 1.165) is 12.0 Å². The van der Waals surface area contributed by atoms with Crippen molar-refractivity contribution in [1.82, 2.24) is 5.32 Å². The molecule has 1 heterocycles. The van der Waals surface area contributed by atoms with Crippen molar-refractivity contribution in [1.29, 1.82) is 0 Å². The van der Waals surface area contributed by atoms with Crippen LogP contribution in [0.2, 0.25) is 0 Å². The number of rotatable bonds is 8. The highest BCUT2D eigenvalue weighted by Crippen LogP contribution is 2.26. The number of amides is 1. The minimum absolute atomic E-state index is 0.0689. The van der Waals surface area contributed by atoms with Crippen molar-refractivity contribution >= 4 is 17.2 Å². The van der Waals surface area contributed by atoms with Crippen LogP contribution in [0.15, 0.2) is 41.8 Å². The molecule has 1 amide bonds. The van der Waals surface area contributed by atoms with Crippen molar-refractivity contribution in [3.05, 3.63) is 58.0 Å². The number of carbonyl (C=O) groups is 1. The lowest BCUT2D eigenvalue weighted by Crippen LogP contribution is -2.27. The highest BCUT2D eigenvalue weighted by Gasteiger charge is 2.12. The summed E-state index contributed by atoms with van der Waals surface area (Å²) in [5.74, 6) is -0.0939. The van der Waals surface area contributed by atoms with Crippen LogP contribution in [-0.4, -0.2) is 24.2 Å². The summed E-state index contributed by atoms with van der Waals surface area (Å²) in [7, 11) is 0. The van der Waals surface area contributed by atoms with E-state index in [2.05, 4.69) is 11.4 Å². The molecule has 1 aromatic heterocycles. The van der Waals surface area contributed by atoms with E-state index in [4.69, 9.17) is 5.11 Å². The number of aliphatic hydroxyl groups excluding tert-OH is 1. The van der Waals surface area contributed by atoms with Crippen LogP contribution < -0.4 is 5.32 Å². The fraction of sp³-hybridized carbons (Fsp3) is 0.353. The first-order valence-electron chi connectivity index (χ1n) is 7.34. The van der Waals surface area contributed by atoms with E-state index in [1.54, 1.807) is 23.5 Å². The largest absolute Gasteiger partial charge is 0.396 e. The van der Waals surface area contributed by atoms with E-state index < -0.39 is 0 Å². The van der Waals surface area contributed by atoms with Crippen molar-refractivity contribution in [3.8, 4) is 0 Å². The molecule has 0 bridgehead atoms. The Morgan fingerprint density at radius 2 is 2.00 bits per heavy atom. The lowest BCUT2D eigenvalue weighted by Gasteiger charge is -2.14. The Labute approximate surface area is 133 Å². The van der Waals surface area contributed by atoms with Crippen LogP contribution in [0.3, 0.4) is 0 Å². The van der Waals surface area contributed by atoms with Crippen LogP contribution in [0.5, 0.6) is 0 Å². The third kappa shape index (κ3) is 5.24. The van der Waals surface area contributed by atoms with E-state index in [1.807, 2.05) is 11.4 Å². The Balaban J connectivity index is 1.76. The number of hydrogen-bond donors (Lipinski definition) is 2. The Morgan fingerprint density at radius 1 is 1.23 bits per heavy atom. The topological polar surface area (TPSA) is 49.3 Å². The number of thiophene rings is 1. The molecule has 2 rings (SSSR count). The second-order valence-corrected chi connectivity index (χ2v) is 6.15. The van der Waals surface area contributed by atoms with Gasteiger partial charge in [0.2, 0.25) is 5.91 Å². The molecule has 2 aromatic rings. The summed E-state index contributed by atoms with van der Waals surface area (Å²) in [5.41, 5.74) is 0.795. The normalized spacial score (nSPS) is 12.1. The van der Waals surface area contributed by atoms with Crippen molar-refractivity contribution in [3.63, 3.8) is 0 Å². The zero-order valence-electron chi connectivity index (χ0n) is 12.3. The highest BCUT2D eigenvalue weighted by atomic mass is 32.1. The molecule has 22 heavy (non-hydrogen) atoms. The third-order valence-corrected chi connectivity index (χ3v) is 4.55. The Bertz CT molecular complexity index is 569. The number of carbonyl (C=O) groups excluding carboxylic acids is 1. The van der Waals surface area contributed by atoms with Gasteiger partial charge in [-0.2, -0.15) is 0 Å². The van der Waals surface area contributed by atoms with Gasteiger partial charge in [0, 0.05) is 18.0 Å². The summed E-state index contributed by atoms with van der Waals surface area (Å²) in [4.78, 5) is 13.1. The van der Waals surface area contributed by atoms with Crippen LogP contribution in [0.1, 0.15) is 29.2 Å². The fourth-order valence-electron chi connectivity index (χ4n) is 2.34. The van der Waals surface area contributed by atoms with Gasteiger partial charge in [0.15, 0.2) is 0 Å². The van der Waals surface area contributed by atoms with Crippen molar-refractivity contribution < 1.29 is 14.3 Å². The standard InChI is InChI=1S/C17H20FNO2S/c18-15-5-3-13(4-6-15)12-17(21)19-9-7-14(8-10-20)16-2-1-11-22-16/h1-6,11,14,20H,7-10,12H2,(H,19,21)/t14-/m1/s1. The fourth-order valence-corrected chi connectivity index (χ4v) is 3.24. The summed E-state index contributed by atoms with van der Waals surface area (Å²) in [6.45, 7) is 0.717. The number of benzene rings is 1. The van der Waals surface area contributed by atoms with E-state index in [9.17, 15) is 9.18 Å². The van der Waals surface area contributed by atoms with Crippen molar-refractivity contribution in [2.75, 3.05) is 13.2 Å². The summed E-state index contributed by atoms with van der Waals surface area (Å²) in [6, 6.07) is 10.0. The smallest absolute Gasteiger partial charge is 0.224 e. The van der Waals surface area contributed by atoms with Crippen LogP contribution in [0.4, 0.5) is 4.39 Å². The maximum Gasteiger partial charge on any atom is 0.224 e. The number of nitrogens with one attached hydrogen (secondary N) is 1. The molecule has 0 fully saturated rings. The minimum atomic E-state index is -0.299. The van der Waals surface area contributed by atoms with Gasteiger partial charge >= 0.3 is 0 Å². The monoisotopic (exact) mass is 321 g/mol. The molecule has 0 saturated heterocycles. The van der Waals surface area contributed by atoms with Crippen LogP contribution in [0.25, 0.3) is 0 Å². The van der Waals surface area contributed by atoms with Crippen molar-refractivity contribution in [2.45, 2.75) is 25.2 Å². The first kappa shape index (κ1) is 16.6. The van der Waals surface area contributed by atoms with Gasteiger partial charge in [-0.25, -0.2) is 4.39 Å². The average molecular weight is 321 g/mol. The van der Waals surface area contributed by atoms with E-state index in [1.165, 1.54) is 17.0 Å². The molecule has 3 nitrogen and oxygen atoms in total. The summed E-state index contributed by atoms with van der Waals surface area (Å²) < 4.78 is 12.8. The quantitative estimate of drug-likeness (QED) is 0.785. The van der Waals surface area contributed by atoms with Crippen LogP contribution >= 0.6 is 11.3 Å². The molecule has 0 radical (unpaired) electrons. The van der Waals surface area contributed by atoms with Crippen LogP contribution in [0, 0.1) is 5.82 Å². The first-order valence-corrected chi connectivity index (χ1v) is 8.22. The molecule has 5 heteroatoms. The summed E-state index contributed by atoms with van der Waals surface area (Å²) in [5, 5.41) is 14.1. The number of hydrogen-bond acceptors (Lipinski definition) is 3. The van der Waals surface area contributed by atoms with Gasteiger partial charge in [0.05, 0.1) is 6.42 Å². The Kier molecular flexibility index (Phi) is 6.55. The van der Waals surface area contributed by atoms with Gasteiger partial charge < -0.3 is 10.4 Å². The third-order valence-electron chi connectivity index (χ3n) is 3.52. The minimum Gasteiger partial charge on any atom is -0.396 e. The molecule has 0 aliphatic heterocycles. The summed E-state index contributed by atoms with van der Waals surface area (Å²) in [6.07, 6.45) is 1.76. The maximum absolute atomic E-state index is 12.8. The number of halogens is 1. The molecular weight excluding hydrogens is 301 g/mol. The predicted octanol–water partition coefficient (Wildman–Crippen LogP) is 3.10. The molecule has 1 atom stereocenters. The molecule has 0 aliphatic rings. The molecule has 1 aromatic carbocycles. The molecule has 118 valence electrons. The molecule has 2 N–H and O–H groups in total. The van der Waals surface area contributed by atoms with Crippen molar-refractivity contribution in [2.24, 2.45) is 0 Å². The van der Waals surface area contributed by atoms with E-state index in [0.29, 0.717) is 13.0 Å². The Morgan fingerprint density at radius 3 is 2.64 bits per heavy atom. The van der Waals surface area contributed by atoms with Gasteiger partial charge in [0.25, 0.3) is 0 Å². The van der Waals surface area contributed by atoms with Crippen LogP contribution in [-0.2, 0) is 11.2 Å². The molecular formula is C17H20FNO2S. The Hall–Kier alpha value is -1.72. The van der Waals surface area contributed by atoms with Gasteiger partial charge in [-0.15, -0.1) is 11.3 Å². The zero-order valence-corrected chi connectivity index (χ0v) is 13.1. The second kappa shape index (κ2) is 8.66. The lowest BCUT2D eigenvalue weighted by atomic mass is 10.00. The summed E-state index contributed by atoms with van der Waals surface area (Å²) >= 11 is 1.67. The van der Waals surface area contributed by atoms with Gasteiger partial charge in [0.1, 0.15) is 5.82 Å². The van der Waals surface area contributed by atoms with Gasteiger partial charge in [-0.3, -0.25) is 4.79 Å². The number of aliphatic hydroxyl groups is 1. The van der Waals surface area contributed by atoms with E-state index in [-0.39, 0.29) is 30.7 Å². The molecule has 0 unspecified atom stereocenters. The lowest BCUT2D eigenvalue weighted by molar-refractivity contribution is -0.120. The molecule has 0 aliphatic carbocycles. The maximum atomic E-state index is 12.8. The van der Waals surface area contributed by atoms with Gasteiger partial charge in [-0.1, -0.05) is 18.2 Å². The predicted molar refractivity (Wildman–Crippen MR) is 86.5 cm³/mol.